The van der Waals surface area contributed by atoms with Gasteiger partial charge in [-0.25, -0.2) is 0 Å². The van der Waals surface area contributed by atoms with Crippen LogP contribution in [-0.4, -0.2) is 26.6 Å². The van der Waals surface area contributed by atoms with Crippen LogP contribution in [0.2, 0.25) is 0 Å². The normalized spacial score (nSPS) is 10.5. The van der Waals surface area contributed by atoms with Crippen LogP contribution in [0.4, 0.5) is 0 Å². The molecule has 0 heterocycles. The highest BCUT2D eigenvalue weighted by Crippen LogP contribution is 2.19. The lowest BCUT2D eigenvalue weighted by Crippen LogP contribution is -2.22. The van der Waals surface area contributed by atoms with Gasteiger partial charge >= 0.3 is 7.32 Å². The van der Waals surface area contributed by atoms with E-state index < -0.39 is 7.32 Å². The third kappa shape index (κ3) is 4.99. The monoisotopic (exact) mass is 330 g/mol. The van der Waals surface area contributed by atoms with Crippen molar-refractivity contribution in [1.82, 2.24) is 0 Å². The van der Waals surface area contributed by atoms with E-state index in [4.69, 9.17) is 18.8 Å². The number of hydrogen-bond donors (Lipinski definition) is 1. The van der Waals surface area contributed by atoms with Gasteiger partial charge in [0.25, 0.3) is 0 Å². The number of rotatable bonds is 8. The second kappa shape index (κ2) is 8.73. The van der Waals surface area contributed by atoms with E-state index in [1.54, 1.807) is 14.2 Å². The van der Waals surface area contributed by atoms with Crippen LogP contribution in [0, 0.1) is 13.8 Å². The molecular formula is C18H23BO5. The van der Waals surface area contributed by atoms with Gasteiger partial charge in [-0.1, -0.05) is 12.1 Å². The standard InChI is InChI=1S/C18H23BO5/c1-13-9-17(21-3)7-5-15(13)11-23-19(20)24-12-16-6-8-18(22-4)10-14(16)2/h5-10,20H,11-12H2,1-4H3. The van der Waals surface area contributed by atoms with E-state index in [0.29, 0.717) is 0 Å². The molecule has 2 rings (SSSR count). The second-order valence-electron chi connectivity index (χ2n) is 5.51. The van der Waals surface area contributed by atoms with E-state index in [1.807, 2.05) is 50.2 Å². The Labute approximate surface area is 143 Å². The van der Waals surface area contributed by atoms with E-state index in [9.17, 15) is 5.02 Å². The van der Waals surface area contributed by atoms with Gasteiger partial charge in [0.15, 0.2) is 0 Å². The summed E-state index contributed by atoms with van der Waals surface area (Å²) in [4.78, 5) is 0. The van der Waals surface area contributed by atoms with Gasteiger partial charge in [-0.3, -0.25) is 0 Å². The van der Waals surface area contributed by atoms with Crippen LogP contribution >= 0.6 is 0 Å². The van der Waals surface area contributed by atoms with Gasteiger partial charge < -0.3 is 23.8 Å². The minimum absolute atomic E-state index is 0.262. The summed E-state index contributed by atoms with van der Waals surface area (Å²) >= 11 is 0. The minimum atomic E-state index is -1.28. The lowest BCUT2D eigenvalue weighted by molar-refractivity contribution is 0.119. The van der Waals surface area contributed by atoms with Crippen molar-refractivity contribution in [3.8, 4) is 11.5 Å². The highest BCUT2D eigenvalue weighted by atomic mass is 16.7. The largest absolute Gasteiger partial charge is 0.637 e. The quantitative estimate of drug-likeness (QED) is 0.754. The molecular weight excluding hydrogens is 307 g/mol. The van der Waals surface area contributed by atoms with Crippen LogP contribution in [0.1, 0.15) is 22.3 Å². The summed E-state index contributed by atoms with van der Waals surface area (Å²) in [6.07, 6.45) is 0. The Morgan fingerprint density at radius 3 is 1.54 bits per heavy atom. The summed E-state index contributed by atoms with van der Waals surface area (Å²) in [6, 6.07) is 11.4. The summed E-state index contributed by atoms with van der Waals surface area (Å²) < 4.78 is 21.0. The first-order chi connectivity index (χ1) is 11.5. The molecule has 0 amide bonds. The minimum Gasteiger partial charge on any atom is -0.497 e. The number of ether oxygens (including phenoxy) is 2. The molecule has 0 saturated heterocycles. The molecule has 0 saturated carbocycles. The predicted molar refractivity (Wildman–Crippen MR) is 93.0 cm³/mol. The molecule has 6 heteroatoms. The van der Waals surface area contributed by atoms with Crippen molar-refractivity contribution in [2.75, 3.05) is 14.2 Å². The van der Waals surface area contributed by atoms with Gasteiger partial charge in [-0.2, -0.15) is 0 Å². The number of methoxy groups -OCH3 is 2. The van der Waals surface area contributed by atoms with E-state index in [-0.39, 0.29) is 13.2 Å². The van der Waals surface area contributed by atoms with Crippen LogP contribution in [0.25, 0.3) is 0 Å². The summed E-state index contributed by atoms with van der Waals surface area (Å²) in [7, 11) is 1.97. The van der Waals surface area contributed by atoms with Gasteiger partial charge in [0.2, 0.25) is 0 Å². The fraction of sp³-hybridized carbons (Fsp3) is 0.333. The Hall–Kier alpha value is -2.02. The van der Waals surface area contributed by atoms with Gasteiger partial charge in [-0.05, 0) is 60.4 Å². The summed E-state index contributed by atoms with van der Waals surface area (Å²) in [5, 5.41) is 9.86. The Morgan fingerprint density at radius 2 is 1.21 bits per heavy atom. The molecule has 2 aromatic rings. The number of aryl methyl sites for hydroxylation is 2. The van der Waals surface area contributed by atoms with Crippen LogP contribution in [0.3, 0.4) is 0 Å². The smallest absolute Gasteiger partial charge is 0.497 e. The summed E-state index contributed by atoms with van der Waals surface area (Å²) in [6.45, 7) is 4.46. The van der Waals surface area contributed by atoms with E-state index in [1.165, 1.54) is 0 Å². The lowest BCUT2D eigenvalue weighted by Gasteiger charge is -2.13. The zero-order chi connectivity index (χ0) is 17.5. The molecule has 5 nitrogen and oxygen atoms in total. The van der Waals surface area contributed by atoms with E-state index >= 15 is 0 Å². The van der Waals surface area contributed by atoms with Crippen molar-refractivity contribution in [2.24, 2.45) is 0 Å². The van der Waals surface area contributed by atoms with Gasteiger partial charge in [-0.15, -0.1) is 0 Å². The topological polar surface area (TPSA) is 57.2 Å². The van der Waals surface area contributed by atoms with Crippen molar-refractivity contribution >= 4 is 7.32 Å². The van der Waals surface area contributed by atoms with E-state index in [2.05, 4.69) is 0 Å². The molecule has 24 heavy (non-hydrogen) atoms. The molecule has 0 aromatic heterocycles. The Bertz CT molecular complexity index is 617. The molecule has 0 aliphatic carbocycles. The summed E-state index contributed by atoms with van der Waals surface area (Å²) in [5.41, 5.74) is 4.01. The van der Waals surface area contributed by atoms with Crippen LogP contribution in [0.15, 0.2) is 36.4 Å². The van der Waals surface area contributed by atoms with Crippen molar-refractivity contribution in [1.29, 1.82) is 0 Å². The SMILES string of the molecule is COc1ccc(COB(O)OCc2ccc(OC)cc2C)c(C)c1. The number of benzene rings is 2. The fourth-order valence-corrected chi connectivity index (χ4v) is 2.28. The van der Waals surface area contributed by atoms with Crippen molar-refractivity contribution < 1.29 is 23.8 Å². The highest BCUT2D eigenvalue weighted by Gasteiger charge is 2.17. The first-order valence-corrected chi connectivity index (χ1v) is 7.71. The maximum Gasteiger partial charge on any atom is 0.637 e. The Morgan fingerprint density at radius 1 is 0.792 bits per heavy atom. The average molecular weight is 330 g/mol. The third-order valence-corrected chi connectivity index (χ3v) is 3.86. The predicted octanol–water partition coefficient (Wildman–Crippen LogP) is 3.03. The molecule has 0 spiro atoms. The molecule has 0 atom stereocenters. The molecule has 0 aliphatic rings. The van der Waals surface area contributed by atoms with Crippen LogP contribution in [-0.2, 0) is 22.5 Å². The Balaban J connectivity index is 1.84. The molecule has 0 fully saturated rings. The average Bonchev–Trinajstić information content (AvgIpc) is 2.59. The van der Waals surface area contributed by atoms with Crippen LogP contribution in [0.5, 0.6) is 11.5 Å². The zero-order valence-corrected chi connectivity index (χ0v) is 14.5. The summed E-state index contributed by atoms with van der Waals surface area (Å²) in [5.74, 6) is 1.59. The molecule has 128 valence electrons. The second-order valence-corrected chi connectivity index (χ2v) is 5.51. The van der Waals surface area contributed by atoms with Crippen LogP contribution < -0.4 is 9.47 Å². The molecule has 0 unspecified atom stereocenters. The zero-order valence-electron chi connectivity index (χ0n) is 14.5. The fourth-order valence-electron chi connectivity index (χ4n) is 2.28. The lowest BCUT2D eigenvalue weighted by atomic mass is 10.1. The third-order valence-electron chi connectivity index (χ3n) is 3.86. The highest BCUT2D eigenvalue weighted by molar-refractivity contribution is 6.34. The van der Waals surface area contributed by atoms with Gasteiger partial charge in [0, 0.05) is 0 Å². The maximum atomic E-state index is 9.86. The van der Waals surface area contributed by atoms with Crippen molar-refractivity contribution in [2.45, 2.75) is 27.1 Å². The van der Waals surface area contributed by atoms with Crippen molar-refractivity contribution in [3.05, 3.63) is 58.7 Å². The molecule has 0 bridgehead atoms. The molecule has 1 N–H and O–H groups in total. The maximum absolute atomic E-state index is 9.86. The number of hydrogen-bond acceptors (Lipinski definition) is 5. The Kier molecular flexibility index (Phi) is 6.67. The first kappa shape index (κ1) is 18.3. The van der Waals surface area contributed by atoms with Crippen molar-refractivity contribution in [3.63, 3.8) is 0 Å². The van der Waals surface area contributed by atoms with Gasteiger partial charge in [0.05, 0.1) is 27.4 Å². The van der Waals surface area contributed by atoms with E-state index in [0.717, 1.165) is 33.8 Å². The first-order valence-electron chi connectivity index (χ1n) is 7.71. The molecule has 0 radical (unpaired) electrons. The van der Waals surface area contributed by atoms with Gasteiger partial charge in [0.1, 0.15) is 11.5 Å². The molecule has 2 aromatic carbocycles. The molecule has 0 aliphatic heterocycles.